The van der Waals surface area contributed by atoms with Gasteiger partial charge in [-0.3, -0.25) is 4.79 Å². The molecule has 2 N–H and O–H groups in total. The number of benzene rings is 1. The topological polar surface area (TPSA) is 49.3 Å². The minimum atomic E-state index is -0.994. The van der Waals surface area contributed by atoms with Crippen molar-refractivity contribution in [3.8, 4) is 0 Å². The van der Waals surface area contributed by atoms with E-state index in [-0.39, 0.29) is 11.4 Å². The van der Waals surface area contributed by atoms with E-state index in [2.05, 4.69) is 5.32 Å². The van der Waals surface area contributed by atoms with Crippen molar-refractivity contribution in [2.75, 3.05) is 14.1 Å². The maximum Gasteiger partial charge on any atom is 0.307 e. The first-order chi connectivity index (χ1) is 7.43. The maximum atomic E-state index is 10.4. The second kappa shape index (κ2) is 7.74. The van der Waals surface area contributed by atoms with Crippen molar-refractivity contribution in [2.24, 2.45) is 0 Å². The first-order valence-electron chi connectivity index (χ1n) is 4.36. The summed E-state index contributed by atoms with van der Waals surface area (Å²) in [6.07, 6.45) is -0.224. The van der Waals surface area contributed by atoms with Crippen molar-refractivity contribution < 1.29 is 9.90 Å². The highest BCUT2D eigenvalue weighted by molar-refractivity contribution is 6.44. The zero-order valence-electron chi connectivity index (χ0n) is 8.85. The highest BCUT2D eigenvalue weighted by Crippen LogP contribution is 2.31. The normalized spacial score (nSPS) is 9.31. The standard InChI is InChI=1S/C8H5Cl3O2.C2H7N/c9-5-1-2-6(10)8(11)4(5)3-7(12)13;1-3-2/h1-2H,3H2,(H,12,13);3H,1-2H3. The Kier molecular flexibility index (Phi) is 7.51. The van der Waals surface area contributed by atoms with Gasteiger partial charge < -0.3 is 10.4 Å². The summed E-state index contributed by atoms with van der Waals surface area (Å²) in [6, 6.07) is 3.05. The van der Waals surface area contributed by atoms with Gasteiger partial charge >= 0.3 is 5.97 Å². The van der Waals surface area contributed by atoms with Crippen molar-refractivity contribution >= 4 is 40.8 Å². The lowest BCUT2D eigenvalue weighted by Gasteiger charge is -2.05. The highest BCUT2D eigenvalue weighted by atomic mass is 35.5. The minimum Gasteiger partial charge on any atom is -0.481 e. The molecule has 0 saturated heterocycles. The van der Waals surface area contributed by atoms with Gasteiger partial charge in [-0.2, -0.15) is 0 Å². The molecule has 16 heavy (non-hydrogen) atoms. The Morgan fingerprint density at radius 2 is 1.69 bits per heavy atom. The van der Waals surface area contributed by atoms with Crippen LogP contribution in [0, 0.1) is 0 Å². The third-order valence-electron chi connectivity index (χ3n) is 1.47. The number of carboxylic acid groups (broad SMARTS) is 1. The zero-order chi connectivity index (χ0) is 12.7. The van der Waals surface area contributed by atoms with Gasteiger partial charge in [-0.25, -0.2) is 0 Å². The monoisotopic (exact) mass is 283 g/mol. The van der Waals surface area contributed by atoms with Crippen LogP contribution in [-0.2, 0) is 11.2 Å². The van der Waals surface area contributed by atoms with Crippen LogP contribution in [0.5, 0.6) is 0 Å². The van der Waals surface area contributed by atoms with Crippen LogP contribution in [0.4, 0.5) is 0 Å². The Hall–Kier alpha value is -0.480. The number of nitrogens with one attached hydrogen (secondary N) is 1. The summed E-state index contributed by atoms with van der Waals surface area (Å²) in [7, 11) is 3.75. The summed E-state index contributed by atoms with van der Waals surface area (Å²) in [4.78, 5) is 10.4. The summed E-state index contributed by atoms with van der Waals surface area (Å²) in [5.74, 6) is -0.994. The molecule has 6 heteroatoms. The van der Waals surface area contributed by atoms with Crippen molar-refractivity contribution in [3.63, 3.8) is 0 Å². The largest absolute Gasteiger partial charge is 0.481 e. The smallest absolute Gasteiger partial charge is 0.307 e. The molecule has 3 nitrogen and oxygen atoms in total. The number of hydrogen-bond donors (Lipinski definition) is 2. The summed E-state index contributed by atoms with van der Waals surface area (Å²) in [5, 5.41) is 12.1. The molecule has 1 aromatic rings. The summed E-state index contributed by atoms with van der Waals surface area (Å²) in [6.45, 7) is 0. The third kappa shape index (κ3) is 5.03. The molecule has 0 radical (unpaired) electrons. The molecule has 0 bridgehead atoms. The molecule has 0 heterocycles. The number of aliphatic carboxylic acids is 1. The fourth-order valence-corrected chi connectivity index (χ4v) is 1.56. The number of hydrogen-bond acceptors (Lipinski definition) is 2. The van der Waals surface area contributed by atoms with E-state index in [1.165, 1.54) is 12.1 Å². The Balaban J connectivity index is 0.000000673. The summed E-state index contributed by atoms with van der Waals surface area (Å²) >= 11 is 17.2. The van der Waals surface area contributed by atoms with E-state index < -0.39 is 5.97 Å². The SMILES string of the molecule is CNC.O=C(O)Cc1c(Cl)ccc(Cl)c1Cl. The first kappa shape index (κ1) is 15.5. The quantitative estimate of drug-likeness (QED) is 0.821. The third-order valence-corrected chi connectivity index (χ3v) is 2.66. The van der Waals surface area contributed by atoms with Crippen LogP contribution < -0.4 is 5.32 Å². The lowest BCUT2D eigenvalue weighted by Crippen LogP contribution is -2.01. The highest BCUT2D eigenvalue weighted by Gasteiger charge is 2.12. The van der Waals surface area contributed by atoms with Gasteiger partial charge in [0.1, 0.15) is 0 Å². The van der Waals surface area contributed by atoms with Gasteiger partial charge in [0.25, 0.3) is 0 Å². The molecule has 0 spiro atoms. The molecule has 0 unspecified atom stereocenters. The van der Waals surface area contributed by atoms with Crippen molar-refractivity contribution in [3.05, 3.63) is 32.8 Å². The Labute approximate surface area is 109 Å². The van der Waals surface area contributed by atoms with E-state index in [1.807, 2.05) is 14.1 Å². The van der Waals surface area contributed by atoms with E-state index in [0.717, 1.165) is 0 Å². The predicted octanol–water partition coefficient (Wildman–Crippen LogP) is 3.11. The fraction of sp³-hybridized carbons (Fsp3) is 0.300. The zero-order valence-corrected chi connectivity index (χ0v) is 11.1. The number of halogens is 3. The first-order valence-corrected chi connectivity index (χ1v) is 5.50. The van der Waals surface area contributed by atoms with Crippen LogP contribution in [0.1, 0.15) is 5.56 Å². The number of carbonyl (C=O) groups is 1. The lowest BCUT2D eigenvalue weighted by atomic mass is 10.1. The second-order valence-electron chi connectivity index (χ2n) is 2.89. The average Bonchev–Trinajstić information content (AvgIpc) is 2.20. The van der Waals surface area contributed by atoms with E-state index in [4.69, 9.17) is 39.9 Å². The molecular formula is C10H12Cl3NO2. The minimum absolute atomic E-state index is 0.205. The van der Waals surface area contributed by atoms with Gasteiger partial charge in [-0.05, 0) is 26.2 Å². The number of carboxylic acids is 1. The van der Waals surface area contributed by atoms with Crippen molar-refractivity contribution in [1.82, 2.24) is 5.32 Å². The van der Waals surface area contributed by atoms with Gasteiger partial charge in [-0.15, -0.1) is 0 Å². The van der Waals surface area contributed by atoms with Crippen LogP contribution in [0.2, 0.25) is 15.1 Å². The maximum absolute atomic E-state index is 10.4. The van der Waals surface area contributed by atoms with Gasteiger partial charge in [0, 0.05) is 10.6 Å². The van der Waals surface area contributed by atoms with E-state index in [9.17, 15) is 4.79 Å². The molecule has 0 aliphatic rings. The van der Waals surface area contributed by atoms with Crippen LogP contribution in [-0.4, -0.2) is 25.2 Å². The fourth-order valence-electron chi connectivity index (χ4n) is 0.882. The van der Waals surface area contributed by atoms with Gasteiger partial charge in [0.05, 0.1) is 16.5 Å². The average molecular weight is 285 g/mol. The molecule has 0 atom stereocenters. The molecular weight excluding hydrogens is 272 g/mol. The number of rotatable bonds is 2. The summed E-state index contributed by atoms with van der Waals surface area (Å²) < 4.78 is 0. The van der Waals surface area contributed by atoms with Crippen LogP contribution >= 0.6 is 34.8 Å². The van der Waals surface area contributed by atoms with E-state index in [0.29, 0.717) is 15.6 Å². The molecule has 0 aromatic heterocycles. The molecule has 1 aromatic carbocycles. The Bertz CT molecular complexity index is 369. The second-order valence-corrected chi connectivity index (χ2v) is 4.08. The molecule has 1 rings (SSSR count). The Morgan fingerprint density at radius 3 is 2.12 bits per heavy atom. The van der Waals surface area contributed by atoms with Crippen molar-refractivity contribution in [1.29, 1.82) is 0 Å². The Morgan fingerprint density at radius 1 is 1.25 bits per heavy atom. The molecule has 0 aliphatic carbocycles. The molecule has 90 valence electrons. The van der Waals surface area contributed by atoms with Gasteiger partial charge in [0.15, 0.2) is 0 Å². The van der Waals surface area contributed by atoms with E-state index in [1.54, 1.807) is 0 Å². The molecule has 0 aliphatic heterocycles. The van der Waals surface area contributed by atoms with Crippen LogP contribution in [0.15, 0.2) is 12.1 Å². The van der Waals surface area contributed by atoms with Crippen molar-refractivity contribution in [2.45, 2.75) is 6.42 Å². The van der Waals surface area contributed by atoms with Crippen LogP contribution in [0.3, 0.4) is 0 Å². The molecule has 0 saturated carbocycles. The predicted molar refractivity (Wildman–Crippen MR) is 67.8 cm³/mol. The van der Waals surface area contributed by atoms with Gasteiger partial charge in [-0.1, -0.05) is 34.8 Å². The van der Waals surface area contributed by atoms with Gasteiger partial charge in [0.2, 0.25) is 0 Å². The molecule has 0 amide bonds. The van der Waals surface area contributed by atoms with Crippen LogP contribution in [0.25, 0.3) is 0 Å². The van der Waals surface area contributed by atoms with E-state index >= 15 is 0 Å². The summed E-state index contributed by atoms with van der Waals surface area (Å²) in [5.41, 5.74) is 0.350. The lowest BCUT2D eigenvalue weighted by molar-refractivity contribution is -0.136. The molecule has 0 fully saturated rings.